The van der Waals surface area contributed by atoms with Crippen molar-refractivity contribution in [2.75, 3.05) is 29.9 Å². The van der Waals surface area contributed by atoms with E-state index in [9.17, 15) is 9.59 Å². The lowest BCUT2D eigenvalue weighted by atomic mass is 9.87. The molecule has 1 unspecified atom stereocenters. The third-order valence-corrected chi connectivity index (χ3v) is 4.67. The van der Waals surface area contributed by atoms with Crippen LogP contribution in [-0.4, -0.2) is 57.9 Å². The second-order valence-corrected chi connectivity index (χ2v) is 7.68. The molecule has 1 aromatic heterocycles. The normalized spacial score (nSPS) is 22.8. The fourth-order valence-corrected chi connectivity index (χ4v) is 3.42. The van der Waals surface area contributed by atoms with Crippen molar-refractivity contribution in [2.45, 2.75) is 45.3 Å². The van der Waals surface area contributed by atoms with Crippen LogP contribution in [0.25, 0.3) is 0 Å². The van der Waals surface area contributed by atoms with Gasteiger partial charge in [-0.15, -0.1) is 10.2 Å². The Kier molecular flexibility index (Phi) is 4.26. The van der Waals surface area contributed by atoms with Crippen LogP contribution in [0, 0.1) is 0 Å². The van der Waals surface area contributed by atoms with Gasteiger partial charge in [-0.05, 0) is 27.2 Å². The van der Waals surface area contributed by atoms with E-state index in [0.29, 0.717) is 25.3 Å². The smallest absolute Gasteiger partial charge is 0.410 e. The maximum Gasteiger partial charge on any atom is 0.410 e. The first kappa shape index (κ1) is 17.7. The Morgan fingerprint density at radius 2 is 2.12 bits per heavy atom. The zero-order valence-corrected chi connectivity index (χ0v) is 15.6. The van der Waals surface area contributed by atoms with Gasteiger partial charge in [-0.2, -0.15) is 0 Å². The number of amides is 2. The molecule has 1 saturated heterocycles. The summed E-state index contributed by atoms with van der Waals surface area (Å²) in [6.45, 7) is 8.55. The number of piperazine rings is 1. The number of nitrogens with one attached hydrogen (secondary N) is 1. The molecule has 136 valence electrons. The lowest BCUT2D eigenvalue weighted by Crippen LogP contribution is -2.70. The summed E-state index contributed by atoms with van der Waals surface area (Å²) in [4.78, 5) is 28.9. The summed E-state index contributed by atoms with van der Waals surface area (Å²) in [7, 11) is 0. The Labute approximate surface area is 151 Å². The van der Waals surface area contributed by atoms with Crippen LogP contribution in [0.5, 0.6) is 0 Å². The molecule has 1 fully saturated rings. The second-order valence-electron chi connectivity index (χ2n) is 7.29. The number of fused-ring (bicyclic) bond motifs is 3. The first-order valence-corrected chi connectivity index (χ1v) is 8.64. The van der Waals surface area contributed by atoms with Gasteiger partial charge in [0.1, 0.15) is 11.1 Å². The third kappa shape index (κ3) is 3.10. The topological polar surface area (TPSA) is 87.7 Å². The van der Waals surface area contributed by atoms with Crippen LogP contribution in [0.1, 0.15) is 34.1 Å². The minimum Gasteiger partial charge on any atom is -0.444 e. The second kappa shape index (κ2) is 6.01. The van der Waals surface area contributed by atoms with Crippen molar-refractivity contribution in [3.63, 3.8) is 0 Å². The number of aromatic nitrogens is 2. The maximum absolute atomic E-state index is 12.9. The minimum atomic E-state index is -0.880. The number of nitrogens with zero attached hydrogens (tertiary/aromatic N) is 4. The number of halogens is 1. The molecule has 1 N–H and O–H groups in total. The van der Waals surface area contributed by atoms with E-state index in [4.69, 9.17) is 16.3 Å². The standard InChI is InChI=1S/C16H22ClN5O3/c1-5-16-9-21(14(24)25-15(2,3)4)6-7-22(16)10-8-11(17)19-20-12(10)18-13(16)23/h8H,5-7,9H2,1-4H3,(H,18,20,23). The Hall–Kier alpha value is -2.09. The number of hydrogen-bond donors (Lipinski definition) is 1. The van der Waals surface area contributed by atoms with Crippen LogP contribution in [0.15, 0.2) is 6.07 Å². The highest BCUT2D eigenvalue weighted by molar-refractivity contribution is 6.29. The highest BCUT2D eigenvalue weighted by atomic mass is 35.5. The van der Waals surface area contributed by atoms with E-state index < -0.39 is 17.2 Å². The average molecular weight is 368 g/mol. The highest BCUT2D eigenvalue weighted by Crippen LogP contribution is 2.40. The van der Waals surface area contributed by atoms with Crippen molar-refractivity contribution in [2.24, 2.45) is 0 Å². The van der Waals surface area contributed by atoms with E-state index in [1.54, 1.807) is 11.0 Å². The first-order valence-electron chi connectivity index (χ1n) is 8.26. The molecule has 0 aliphatic carbocycles. The number of carbonyl (C=O) groups is 2. The largest absolute Gasteiger partial charge is 0.444 e. The maximum atomic E-state index is 12.9. The fraction of sp³-hybridized carbons (Fsp3) is 0.625. The number of hydrogen-bond acceptors (Lipinski definition) is 6. The van der Waals surface area contributed by atoms with Crippen LogP contribution in [0.2, 0.25) is 5.15 Å². The molecule has 0 saturated carbocycles. The van der Waals surface area contributed by atoms with E-state index in [1.807, 2.05) is 32.6 Å². The van der Waals surface area contributed by atoms with Crippen molar-refractivity contribution < 1.29 is 14.3 Å². The SMILES string of the molecule is CCC12CN(C(=O)OC(C)(C)C)CCN1c1cc(Cl)nnc1NC2=O. The summed E-state index contributed by atoms with van der Waals surface area (Å²) in [5.41, 5.74) is -0.739. The van der Waals surface area contributed by atoms with E-state index in [2.05, 4.69) is 15.5 Å². The molecule has 1 aromatic rings. The van der Waals surface area contributed by atoms with Gasteiger partial charge in [-0.1, -0.05) is 18.5 Å². The molecule has 8 nitrogen and oxygen atoms in total. The van der Waals surface area contributed by atoms with Crippen molar-refractivity contribution in [3.05, 3.63) is 11.2 Å². The van der Waals surface area contributed by atoms with Crippen molar-refractivity contribution >= 4 is 35.1 Å². The van der Waals surface area contributed by atoms with Crippen LogP contribution in [-0.2, 0) is 9.53 Å². The molecule has 3 rings (SSSR count). The molecule has 3 heterocycles. The molecule has 0 aromatic carbocycles. The average Bonchev–Trinajstić information content (AvgIpc) is 2.53. The van der Waals surface area contributed by atoms with E-state index in [-0.39, 0.29) is 17.6 Å². The fourth-order valence-electron chi connectivity index (χ4n) is 3.28. The zero-order chi connectivity index (χ0) is 18.4. The van der Waals surface area contributed by atoms with E-state index in [0.717, 1.165) is 5.69 Å². The summed E-state index contributed by atoms with van der Waals surface area (Å²) >= 11 is 5.99. The molecule has 2 amide bonds. The molecular weight excluding hydrogens is 346 g/mol. The van der Waals surface area contributed by atoms with Crippen LogP contribution in [0.4, 0.5) is 16.3 Å². The van der Waals surface area contributed by atoms with Gasteiger partial charge in [0.25, 0.3) is 5.91 Å². The molecule has 2 aliphatic heterocycles. The first-order chi connectivity index (χ1) is 11.7. The highest BCUT2D eigenvalue weighted by Gasteiger charge is 2.52. The van der Waals surface area contributed by atoms with Gasteiger partial charge >= 0.3 is 6.09 Å². The lowest BCUT2D eigenvalue weighted by molar-refractivity contribution is -0.123. The summed E-state index contributed by atoms with van der Waals surface area (Å²) in [5.74, 6) is 0.191. The predicted molar refractivity (Wildman–Crippen MR) is 93.8 cm³/mol. The summed E-state index contributed by atoms with van der Waals surface area (Å²) in [6.07, 6.45) is 0.113. The van der Waals surface area contributed by atoms with Crippen molar-refractivity contribution in [1.29, 1.82) is 0 Å². The predicted octanol–water partition coefficient (Wildman–Crippen LogP) is 2.29. The van der Waals surface area contributed by atoms with Gasteiger partial charge in [0.2, 0.25) is 0 Å². The Morgan fingerprint density at radius 1 is 1.40 bits per heavy atom. The van der Waals surface area contributed by atoms with Crippen molar-refractivity contribution in [3.8, 4) is 0 Å². The molecule has 1 atom stereocenters. The Morgan fingerprint density at radius 3 is 2.76 bits per heavy atom. The number of rotatable bonds is 1. The number of anilines is 2. The lowest BCUT2D eigenvalue weighted by Gasteiger charge is -2.52. The number of ether oxygens (including phenoxy) is 1. The summed E-state index contributed by atoms with van der Waals surface area (Å²) in [6, 6.07) is 1.69. The van der Waals surface area contributed by atoms with Gasteiger partial charge in [0, 0.05) is 19.2 Å². The Balaban J connectivity index is 1.93. The molecule has 0 radical (unpaired) electrons. The molecule has 2 aliphatic rings. The molecular formula is C16H22ClN5O3. The van der Waals surface area contributed by atoms with Gasteiger partial charge in [-0.25, -0.2) is 4.79 Å². The van der Waals surface area contributed by atoms with Crippen LogP contribution >= 0.6 is 11.6 Å². The molecule has 25 heavy (non-hydrogen) atoms. The number of carbonyl (C=O) groups excluding carboxylic acids is 2. The van der Waals surface area contributed by atoms with Gasteiger partial charge in [0.15, 0.2) is 11.0 Å². The molecule has 0 spiro atoms. The van der Waals surface area contributed by atoms with E-state index in [1.165, 1.54) is 0 Å². The minimum absolute atomic E-state index is 0.201. The monoisotopic (exact) mass is 367 g/mol. The van der Waals surface area contributed by atoms with Crippen LogP contribution < -0.4 is 10.2 Å². The Bertz CT molecular complexity index is 720. The van der Waals surface area contributed by atoms with Gasteiger partial charge in [-0.3, -0.25) is 4.79 Å². The molecule has 0 bridgehead atoms. The van der Waals surface area contributed by atoms with Crippen molar-refractivity contribution in [1.82, 2.24) is 15.1 Å². The van der Waals surface area contributed by atoms with E-state index >= 15 is 0 Å². The van der Waals surface area contributed by atoms with Crippen LogP contribution in [0.3, 0.4) is 0 Å². The van der Waals surface area contributed by atoms with Gasteiger partial charge < -0.3 is 19.9 Å². The third-order valence-electron chi connectivity index (χ3n) is 4.49. The summed E-state index contributed by atoms with van der Waals surface area (Å²) in [5, 5.41) is 10.8. The molecule has 9 heteroatoms. The zero-order valence-electron chi connectivity index (χ0n) is 14.8. The van der Waals surface area contributed by atoms with Gasteiger partial charge in [0.05, 0.1) is 12.2 Å². The quantitative estimate of drug-likeness (QED) is 0.819. The summed E-state index contributed by atoms with van der Waals surface area (Å²) < 4.78 is 5.46.